The third-order valence-electron chi connectivity index (χ3n) is 4.09. The van der Waals surface area contributed by atoms with Crippen LogP contribution < -0.4 is 5.32 Å². The minimum Gasteiger partial charge on any atom is -0.479 e. The van der Waals surface area contributed by atoms with Crippen LogP contribution in [0.3, 0.4) is 0 Å². The number of nitrogens with one attached hydrogen (secondary N) is 1. The smallest absolute Gasteiger partial charge is 0.334 e. The fourth-order valence-corrected chi connectivity index (χ4v) is 2.74. The summed E-state index contributed by atoms with van der Waals surface area (Å²) in [6.07, 6.45) is 0.192. The summed E-state index contributed by atoms with van der Waals surface area (Å²) < 4.78 is 5.04. The molecule has 0 aliphatic rings. The van der Waals surface area contributed by atoms with Crippen LogP contribution >= 0.6 is 11.6 Å². The molecule has 0 aliphatic carbocycles. The van der Waals surface area contributed by atoms with Crippen molar-refractivity contribution in [1.29, 1.82) is 0 Å². The van der Waals surface area contributed by atoms with E-state index in [0.29, 0.717) is 22.8 Å². The Morgan fingerprint density at radius 1 is 1.12 bits per heavy atom. The molecular formula is C19H20ClNO4. The molecule has 0 heterocycles. The van der Waals surface area contributed by atoms with Gasteiger partial charge in [0.1, 0.15) is 0 Å². The topological polar surface area (TPSA) is 75.6 Å². The zero-order valence-electron chi connectivity index (χ0n) is 14.1. The first-order chi connectivity index (χ1) is 11.9. The predicted octanol–water partition coefficient (Wildman–Crippen LogP) is 3.61. The zero-order valence-corrected chi connectivity index (χ0v) is 14.8. The van der Waals surface area contributed by atoms with E-state index >= 15 is 0 Å². The summed E-state index contributed by atoms with van der Waals surface area (Å²) in [4.78, 5) is 24.6. The summed E-state index contributed by atoms with van der Waals surface area (Å²) >= 11 is 5.88. The number of methoxy groups -OCH3 is 1. The predicted molar refractivity (Wildman–Crippen MR) is 95.7 cm³/mol. The van der Waals surface area contributed by atoms with Crippen LogP contribution in [0.4, 0.5) is 0 Å². The minimum absolute atomic E-state index is 0.192. The highest BCUT2D eigenvalue weighted by molar-refractivity contribution is 6.30. The van der Waals surface area contributed by atoms with Gasteiger partial charge in [-0.05, 0) is 41.8 Å². The molecule has 132 valence electrons. The third kappa shape index (κ3) is 4.18. The SMILES string of the molecule is CCC(NC(=O)c1ccc(COC)cc1)(C(=O)O)c1ccc(Cl)cc1. The number of carbonyl (C=O) groups excluding carboxylic acids is 1. The number of amides is 1. The van der Waals surface area contributed by atoms with Gasteiger partial charge in [-0.1, -0.05) is 42.8 Å². The van der Waals surface area contributed by atoms with Crippen molar-refractivity contribution in [2.24, 2.45) is 0 Å². The maximum atomic E-state index is 12.6. The van der Waals surface area contributed by atoms with Gasteiger partial charge in [-0.15, -0.1) is 0 Å². The number of carboxylic acid groups (broad SMARTS) is 1. The van der Waals surface area contributed by atoms with Crippen molar-refractivity contribution in [3.63, 3.8) is 0 Å². The maximum absolute atomic E-state index is 12.6. The Balaban J connectivity index is 2.31. The van der Waals surface area contributed by atoms with Crippen molar-refractivity contribution < 1.29 is 19.4 Å². The van der Waals surface area contributed by atoms with Crippen molar-refractivity contribution in [3.05, 3.63) is 70.2 Å². The van der Waals surface area contributed by atoms with Crippen molar-refractivity contribution in [1.82, 2.24) is 5.32 Å². The van der Waals surface area contributed by atoms with Gasteiger partial charge in [0.05, 0.1) is 6.61 Å². The minimum atomic E-state index is -1.52. The van der Waals surface area contributed by atoms with E-state index in [0.717, 1.165) is 5.56 Å². The molecule has 2 N–H and O–H groups in total. The fourth-order valence-electron chi connectivity index (χ4n) is 2.61. The standard InChI is InChI=1S/C19H20ClNO4/c1-3-19(18(23)24,15-8-10-16(20)11-9-15)21-17(22)14-6-4-13(5-7-14)12-25-2/h4-11H,3,12H2,1-2H3,(H,21,22)(H,23,24). The molecule has 6 heteroatoms. The van der Waals surface area contributed by atoms with E-state index in [1.54, 1.807) is 62.6 Å². The van der Waals surface area contributed by atoms with Gasteiger partial charge >= 0.3 is 5.97 Å². The summed E-state index contributed by atoms with van der Waals surface area (Å²) in [6.45, 7) is 2.16. The van der Waals surface area contributed by atoms with Crippen LogP contribution in [-0.2, 0) is 21.7 Å². The molecule has 1 amide bonds. The monoisotopic (exact) mass is 361 g/mol. The van der Waals surface area contributed by atoms with Gasteiger partial charge in [-0.25, -0.2) is 4.79 Å². The largest absolute Gasteiger partial charge is 0.479 e. The average molecular weight is 362 g/mol. The summed E-state index contributed by atoms with van der Waals surface area (Å²) in [5.74, 6) is -1.58. The number of hydrogen-bond acceptors (Lipinski definition) is 3. The number of carbonyl (C=O) groups is 2. The summed E-state index contributed by atoms with van der Waals surface area (Å²) in [6, 6.07) is 13.3. The summed E-state index contributed by atoms with van der Waals surface area (Å²) in [5, 5.41) is 13.0. The van der Waals surface area contributed by atoms with E-state index < -0.39 is 17.4 Å². The Kier molecular flexibility index (Phi) is 6.17. The molecule has 25 heavy (non-hydrogen) atoms. The molecule has 2 rings (SSSR count). The molecule has 0 aliphatic heterocycles. The quantitative estimate of drug-likeness (QED) is 0.790. The van der Waals surface area contributed by atoms with E-state index in [9.17, 15) is 14.7 Å². The first kappa shape index (κ1) is 19.0. The van der Waals surface area contributed by atoms with E-state index in [1.165, 1.54) is 0 Å². The van der Waals surface area contributed by atoms with Crippen LogP contribution in [0.25, 0.3) is 0 Å². The highest BCUT2D eigenvalue weighted by Gasteiger charge is 2.40. The lowest BCUT2D eigenvalue weighted by Crippen LogP contribution is -2.51. The van der Waals surface area contributed by atoms with Gasteiger partial charge in [0.2, 0.25) is 0 Å². The van der Waals surface area contributed by atoms with Gasteiger partial charge in [0.25, 0.3) is 5.91 Å². The highest BCUT2D eigenvalue weighted by atomic mass is 35.5. The van der Waals surface area contributed by atoms with Crippen molar-refractivity contribution in [3.8, 4) is 0 Å². The second kappa shape index (κ2) is 8.14. The molecule has 0 saturated heterocycles. The summed E-state index contributed by atoms with van der Waals surface area (Å²) in [5.41, 5.74) is 0.258. The maximum Gasteiger partial charge on any atom is 0.334 e. The zero-order chi connectivity index (χ0) is 18.4. The summed E-state index contributed by atoms with van der Waals surface area (Å²) in [7, 11) is 1.59. The molecular weight excluding hydrogens is 342 g/mol. The van der Waals surface area contributed by atoms with Crippen LogP contribution in [0, 0.1) is 0 Å². The number of carboxylic acids is 1. The highest BCUT2D eigenvalue weighted by Crippen LogP contribution is 2.27. The number of benzene rings is 2. The van der Waals surface area contributed by atoms with Crippen LogP contribution in [0.15, 0.2) is 48.5 Å². The van der Waals surface area contributed by atoms with E-state index in [4.69, 9.17) is 16.3 Å². The Morgan fingerprint density at radius 2 is 1.72 bits per heavy atom. The van der Waals surface area contributed by atoms with Crippen molar-refractivity contribution in [2.75, 3.05) is 7.11 Å². The van der Waals surface area contributed by atoms with E-state index in [1.807, 2.05) is 0 Å². The molecule has 0 fully saturated rings. The number of halogens is 1. The second-order valence-corrected chi connectivity index (χ2v) is 6.09. The third-order valence-corrected chi connectivity index (χ3v) is 4.34. The Bertz CT molecular complexity index is 743. The first-order valence-corrected chi connectivity index (χ1v) is 8.20. The molecule has 0 saturated carbocycles. The molecule has 1 atom stereocenters. The molecule has 5 nitrogen and oxygen atoms in total. The molecule has 2 aromatic rings. The lowest BCUT2D eigenvalue weighted by atomic mass is 9.86. The van der Waals surface area contributed by atoms with E-state index in [-0.39, 0.29) is 6.42 Å². The van der Waals surface area contributed by atoms with Crippen molar-refractivity contribution in [2.45, 2.75) is 25.5 Å². The fraction of sp³-hybridized carbons (Fsp3) is 0.263. The number of ether oxygens (including phenoxy) is 1. The Labute approximate surface area is 151 Å². The lowest BCUT2D eigenvalue weighted by molar-refractivity contribution is -0.145. The van der Waals surface area contributed by atoms with Crippen LogP contribution in [0.5, 0.6) is 0 Å². The first-order valence-electron chi connectivity index (χ1n) is 7.82. The van der Waals surface area contributed by atoms with Crippen molar-refractivity contribution >= 4 is 23.5 Å². The second-order valence-electron chi connectivity index (χ2n) is 5.65. The van der Waals surface area contributed by atoms with Gasteiger partial charge in [-0.2, -0.15) is 0 Å². The van der Waals surface area contributed by atoms with Gasteiger partial charge < -0.3 is 15.2 Å². The lowest BCUT2D eigenvalue weighted by Gasteiger charge is -2.30. The Morgan fingerprint density at radius 3 is 2.20 bits per heavy atom. The molecule has 0 bridgehead atoms. The van der Waals surface area contributed by atoms with Gasteiger partial charge in [0, 0.05) is 17.7 Å². The average Bonchev–Trinajstić information content (AvgIpc) is 2.61. The van der Waals surface area contributed by atoms with Gasteiger partial charge in [0.15, 0.2) is 5.54 Å². The number of hydrogen-bond donors (Lipinski definition) is 2. The number of rotatable bonds is 7. The van der Waals surface area contributed by atoms with Crippen LogP contribution in [0.1, 0.15) is 34.8 Å². The Hall–Kier alpha value is -2.37. The van der Waals surface area contributed by atoms with E-state index in [2.05, 4.69) is 5.32 Å². The molecule has 0 aromatic heterocycles. The molecule has 0 spiro atoms. The van der Waals surface area contributed by atoms with Gasteiger partial charge in [-0.3, -0.25) is 4.79 Å². The normalized spacial score (nSPS) is 13.1. The molecule has 1 unspecified atom stereocenters. The van der Waals surface area contributed by atoms with Crippen LogP contribution in [0.2, 0.25) is 5.02 Å². The number of aliphatic carboxylic acids is 1. The van der Waals surface area contributed by atoms with Crippen LogP contribution in [-0.4, -0.2) is 24.1 Å². The molecule has 0 radical (unpaired) electrons. The molecule has 2 aromatic carbocycles.